The summed E-state index contributed by atoms with van der Waals surface area (Å²) in [4.78, 5) is 25.0. The van der Waals surface area contributed by atoms with Crippen LogP contribution in [0.2, 0.25) is 0 Å². The molecule has 0 spiro atoms. The molecule has 0 radical (unpaired) electrons. The molecule has 0 aliphatic heterocycles. The lowest BCUT2D eigenvalue weighted by molar-refractivity contribution is 0.160. The van der Waals surface area contributed by atoms with E-state index in [1.165, 1.54) is 10.8 Å². The summed E-state index contributed by atoms with van der Waals surface area (Å²) in [5, 5.41) is 4.00. The van der Waals surface area contributed by atoms with Crippen LogP contribution in [0.1, 0.15) is 5.56 Å². The Morgan fingerprint density at radius 3 is 2.94 bits per heavy atom. The highest BCUT2D eigenvalue weighted by atomic mass is 31.2. The number of nitrogens with two attached hydrogens (primary N) is 1. The predicted octanol–water partition coefficient (Wildman–Crippen LogP) is -0.599. The van der Waals surface area contributed by atoms with Crippen molar-refractivity contribution in [3.8, 4) is 0 Å². The lowest BCUT2D eigenvalue weighted by atomic mass is 10.2. The van der Waals surface area contributed by atoms with Crippen LogP contribution in [0.5, 0.6) is 0 Å². The Balaban J connectivity index is 2.00. The van der Waals surface area contributed by atoms with Gasteiger partial charge in [-0.25, -0.2) is 9.97 Å². The van der Waals surface area contributed by atoms with Crippen molar-refractivity contribution in [3.63, 3.8) is 0 Å². The average Bonchev–Trinajstić information content (AvgIpc) is 2.68. The summed E-state index contributed by atoms with van der Waals surface area (Å²) in [7, 11) is -4.12. The van der Waals surface area contributed by atoms with Crippen molar-refractivity contribution in [1.29, 1.82) is 0 Å². The van der Waals surface area contributed by atoms with E-state index in [0.29, 0.717) is 12.1 Å². The minimum absolute atomic E-state index is 0.163. The summed E-state index contributed by atoms with van der Waals surface area (Å²) in [6.07, 6.45) is 2.73. The van der Waals surface area contributed by atoms with Crippen LogP contribution >= 0.6 is 7.60 Å². The first-order valence-electron chi connectivity index (χ1n) is 5.03. The molecule has 18 heavy (non-hydrogen) atoms. The molecule has 2 rings (SSSR count). The number of rotatable bonds is 5. The number of ether oxygens (including phenoxy) is 1. The van der Waals surface area contributed by atoms with Gasteiger partial charge in [-0.2, -0.15) is 9.61 Å². The maximum absolute atomic E-state index is 10.6. The van der Waals surface area contributed by atoms with E-state index in [4.69, 9.17) is 20.3 Å². The topological polar surface area (TPSA) is 136 Å². The highest BCUT2D eigenvalue weighted by Crippen LogP contribution is 2.33. The molecule has 0 saturated carbocycles. The fourth-order valence-electron chi connectivity index (χ4n) is 1.42. The Morgan fingerprint density at radius 1 is 1.44 bits per heavy atom. The summed E-state index contributed by atoms with van der Waals surface area (Å²) in [6, 6.07) is 0. The fourth-order valence-corrected chi connectivity index (χ4v) is 1.79. The van der Waals surface area contributed by atoms with Crippen molar-refractivity contribution >= 4 is 19.2 Å². The lowest BCUT2D eigenvalue weighted by Gasteiger charge is -2.04. The highest BCUT2D eigenvalue weighted by molar-refractivity contribution is 7.51. The van der Waals surface area contributed by atoms with Crippen LogP contribution in [0.25, 0.3) is 5.65 Å². The third-order valence-corrected chi connectivity index (χ3v) is 2.70. The number of anilines is 1. The first-order valence-corrected chi connectivity index (χ1v) is 6.82. The van der Waals surface area contributed by atoms with E-state index in [2.05, 4.69) is 15.1 Å². The van der Waals surface area contributed by atoms with Gasteiger partial charge in [0.2, 0.25) is 5.95 Å². The quantitative estimate of drug-likeness (QED) is 0.485. The molecule has 0 amide bonds. The second kappa shape index (κ2) is 4.99. The zero-order valence-electron chi connectivity index (χ0n) is 9.30. The third-order valence-electron chi connectivity index (χ3n) is 2.18. The van der Waals surface area contributed by atoms with Crippen LogP contribution < -0.4 is 5.73 Å². The normalized spacial score (nSPS) is 12.1. The average molecular weight is 273 g/mol. The van der Waals surface area contributed by atoms with Crippen molar-refractivity contribution in [3.05, 3.63) is 18.1 Å². The van der Waals surface area contributed by atoms with Crippen molar-refractivity contribution in [2.45, 2.75) is 6.42 Å². The van der Waals surface area contributed by atoms with Gasteiger partial charge in [0.05, 0.1) is 12.8 Å². The number of hydrogen-bond acceptors (Lipinski definition) is 6. The van der Waals surface area contributed by atoms with Gasteiger partial charge in [0.25, 0.3) is 0 Å². The van der Waals surface area contributed by atoms with E-state index in [1.807, 2.05) is 0 Å². The molecule has 9 nitrogen and oxygen atoms in total. The largest absolute Gasteiger partial charge is 0.368 e. The van der Waals surface area contributed by atoms with Crippen LogP contribution in [-0.4, -0.2) is 42.3 Å². The van der Waals surface area contributed by atoms with Crippen molar-refractivity contribution in [1.82, 2.24) is 19.6 Å². The zero-order chi connectivity index (χ0) is 13.2. The lowest BCUT2D eigenvalue weighted by Crippen LogP contribution is -2.04. The molecule has 2 aromatic rings. The molecule has 0 fully saturated rings. The Bertz CT molecular complexity index is 594. The molecule has 4 N–H and O–H groups in total. The standard InChI is InChI=1S/C8H12N5O4P/c9-8-11-4-10-7-6(3-12-13(7)8)1-2-17-5-18(14,15)16/h3-4H,1-2,5H2,(H2,9,10,11)(H2,14,15,16). The first-order chi connectivity index (χ1) is 8.47. The molecule has 0 atom stereocenters. The zero-order valence-corrected chi connectivity index (χ0v) is 10.2. The second-order valence-electron chi connectivity index (χ2n) is 3.59. The third kappa shape index (κ3) is 3.02. The van der Waals surface area contributed by atoms with E-state index in [1.54, 1.807) is 6.20 Å². The van der Waals surface area contributed by atoms with Gasteiger partial charge in [-0.05, 0) is 0 Å². The molecule has 0 aromatic carbocycles. The van der Waals surface area contributed by atoms with Crippen molar-refractivity contribution < 1.29 is 19.1 Å². The number of aromatic nitrogens is 4. The summed E-state index contributed by atoms with van der Waals surface area (Å²) < 4.78 is 16.8. The van der Waals surface area contributed by atoms with Crippen LogP contribution in [-0.2, 0) is 15.7 Å². The van der Waals surface area contributed by atoms with Gasteiger partial charge < -0.3 is 20.3 Å². The Kier molecular flexibility index (Phi) is 3.58. The molecule has 2 heterocycles. The van der Waals surface area contributed by atoms with Crippen LogP contribution in [0.3, 0.4) is 0 Å². The summed E-state index contributed by atoms with van der Waals surface area (Å²) in [5.41, 5.74) is 6.93. The van der Waals surface area contributed by atoms with Gasteiger partial charge in [-0.1, -0.05) is 0 Å². The number of nitrogens with zero attached hydrogens (tertiary/aromatic N) is 4. The van der Waals surface area contributed by atoms with E-state index in [0.717, 1.165) is 5.56 Å². The van der Waals surface area contributed by atoms with Gasteiger partial charge in [0.15, 0.2) is 5.65 Å². The minimum Gasteiger partial charge on any atom is -0.368 e. The first kappa shape index (κ1) is 12.9. The second-order valence-corrected chi connectivity index (χ2v) is 5.18. The summed E-state index contributed by atoms with van der Waals surface area (Å²) >= 11 is 0. The van der Waals surface area contributed by atoms with Crippen LogP contribution in [0.4, 0.5) is 5.95 Å². The fraction of sp³-hybridized carbons (Fsp3) is 0.375. The van der Waals surface area contributed by atoms with Gasteiger partial charge in [0, 0.05) is 12.0 Å². The SMILES string of the molecule is Nc1ncnc2c(CCOCP(=O)(O)O)cnn12. The van der Waals surface area contributed by atoms with Gasteiger partial charge in [0.1, 0.15) is 12.7 Å². The predicted molar refractivity (Wildman–Crippen MR) is 61.8 cm³/mol. The van der Waals surface area contributed by atoms with E-state index < -0.39 is 13.9 Å². The number of hydrogen-bond donors (Lipinski definition) is 3. The molecule has 0 saturated heterocycles. The minimum atomic E-state index is -4.12. The molecule has 98 valence electrons. The number of nitrogen functional groups attached to an aromatic ring is 1. The molecule has 0 unspecified atom stereocenters. The molecular formula is C8H12N5O4P. The maximum atomic E-state index is 10.6. The van der Waals surface area contributed by atoms with E-state index in [9.17, 15) is 4.57 Å². The Labute approximate surface area is 102 Å². The highest BCUT2D eigenvalue weighted by Gasteiger charge is 2.13. The Hall–Kier alpha value is -1.54. The maximum Gasteiger partial charge on any atom is 0.350 e. The smallest absolute Gasteiger partial charge is 0.350 e. The summed E-state index contributed by atoms with van der Waals surface area (Å²) in [6.45, 7) is 0.163. The molecule has 0 bridgehead atoms. The van der Waals surface area contributed by atoms with E-state index in [-0.39, 0.29) is 12.6 Å². The van der Waals surface area contributed by atoms with Crippen LogP contribution in [0, 0.1) is 0 Å². The molecule has 0 aliphatic rings. The summed E-state index contributed by atoms with van der Waals surface area (Å²) in [5.74, 6) is 0.224. The molecule has 0 aliphatic carbocycles. The monoisotopic (exact) mass is 273 g/mol. The van der Waals surface area contributed by atoms with E-state index >= 15 is 0 Å². The van der Waals surface area contributed by atoms with Crippen molar-refractivity contribution in [2.75, 3.05) is 18.7 Å². The van der Waals surface area contributed by atoms with Crippen molar-refractivity contribution in [2.24, 2.45) is 0 Å². The molecule has 2 aromatic heterocycles. The number of fused-ring (bicyclic) bond motifs is 1. The Morgan fingerprint density at radius 2 is 2.22 bits per heavy atom. The van der Waals surface area contributed by atoms with Gasteiger partial charge >= 0.3 is 7.60 Å². The molecule has 10 heteroatoms. The van der Waals surface area contributed by atoms with Gasteiger partial charge in [-0.3, -0.25) is 4.57 Å². The van der Waals surface area contributed by atoms with Crippen LogP contribution in [0.15, 0.2) is 12.5 Å². The molecular weight excluding hydrogens is 261 g/mol. The van der Waals surface area contributed by atoms with Gasteiger partial charge in [-0.15, -0.1) is 0 Å².